The molecule has 6 aromatic carbocycles. The van der Waals surface area contributed by atoms with Crippen LogP contribution >= 0.6 is 0 Å². The Hall–Kier alpha value is -7.96. The fraction of sp³-hybridized carbons (Fsp3) is 0.148. The topological polar surface area (TPSA) is 110 Å². The van der Waals surface area contributed by atoms with Crippen LogP contribution in [-0.2, 0) is 19.6 Å². The van der Waals surface area contributed by atoms with Crippen molar-refractivity contribution in [1.82, 2.24) is 5.32 Å². The predicted molar refractivity (Wildman–Crippen MR) is 240 cm³/mol. The van der Waals surface area contributed by atoms with Gasteiger partial charge in [-0.3, -0.25) is 0 Å². The van der Waals surface area contributed by atoms with Gasteiger partial charge in [0.05, 0.1) is 16.5 Å². The summed E-state index contributed by atoms with van der Waals surface area (Å²) in [5.41, 5.74) is 17.2. The Balaban J connectivity index is 1.18. The number of hydrogen-bond donors (Lipinski definition) is 2. The summed E-state index contributed by atoms with van der Waals surface area (Å²) < 4.78 is 17.9. The third-order valence-electron chi connectivity index (χ3n) is 11.0. The van der Waals surface area contributed by atoms with Gasteiger partial charge in [0.2, 0.25) is 0 Å². The summed E-state index contributed by atoms with van der Waals surface area (Å²) in [5, 5.41) is 7.07. The number of hydrogen-bond acceptors (Lipinski definition) is 8. The lowest BCUT2D eigenvalue weighted by Crippen LogP contribution is -2.32. The SMILES string of the molecule is C#Cc1ccc(C(c2ccc(C#C)cc2)(c2ccc(C#C)cc2)c2ccc(/C(=C/N[C@H]3CC(OC(=O)c4ccc(C)cc4)[C@@H](COC(=O)c4ccc(C)cc4)O3)N=N)cc2)cc1. The average Bonchev–Trinajstić information content (AvgIpc) is 3.70. The number of esters is 2. The van der Waals surface area contributed by atoms with E-state index >= 15 is 0 Å². The molecule has 0 aliphatic carbocycles. The summed E-state index contributed by atoms with van der Waals surface area (Å²) in [6.45, 7) is 3.72. The molecular weight excluding hydrogens is 771 g/mol. The minimum atomic E-state index is -0.840. The molecule has 304 valence electrons. The van der Waals surface area contributed by atoms with Gasteiger partial charge in [-0.15, -0.1) is 19.3 Å². The molecule has 0 amide bonds. The van der Waals surface area contributed by atoms with Crippen LogP contribution in [0.25, 0.3) is 5.70 Å². The van der Waals surface area contributed by atoms with Crippen LogP contribution in [0.1, 0.15) is 82.8 Å². The summed E-state index contributed by atoms with van der Waals surface area (Å²) in [4.78, 5) is 26.2. The number of rotatable bonds is 13. The Morgan fingerprint density at radius 3 is 1.48 bits per heavy atom. The molecule has 0 aromatic heterocycles. The lowest BCUT2D eigenvalue weighted by molar-refractivity contribution is -0.0454. The number of nitrogens with one attached hydrogen (secondary N) is 2. The number of aryl methyl sites for hydroxylation is 2. The number of carbonyl (C=O) groups is 2. The summed E-state index contributed by atoms with van der Waals surface area (Å²) in [7, 11) is 0. The Morgan fingerprint density at radius 2 is 1.06 bits per heavy atom. The van der Waals surface area contributed by atoms with Crippen LogP contribution in [0.15, 0.2) is 157 Å². The van der Waals surface area contributed by atoms with Crippen molar-refractivity contribution in [2.24, 2.45) is 5.11 Å². The Bertz CT molecular complexity index is 2580. The number of ether oxygens (including phenoxy) is 3. The second-order valence-electron chi connectivity index (χ2n) is 15.0. The largest absolute Gasteiger partial charge is 0.459 e. The number of nitrogens with zero attached hydrogens (tertiary/aromatic N) is 1. The lowest BCUT2D eigenvalue weighted by Gasteiger charge is -2.37. The van der Waals surface area contributed by atoms with Crippen LogP contribution in [0.2, 0.25) is 0 Å². The first-order chi connectivity index (χ1) is 30.1. The molecule has 1 aliphatic heterocycles. The van der Waals surface area contributed by atoms with E-state index in [2.05, 4.69) is 28.2 Å². The zero-order valence-corrected chi connectivity index (χ0v) is 34.3. The third-order valence-corrected chi connectivity index (χ3v) is 11.0. The van der Waals surface area contributed by atoms with Gasteiger partial charge in [0.15, 0.2) is 0 Å². The van der Waals surface area contributed by atoms with Crippen molar-refractivity contribution in [2.45, 2.75) is 44.1 Å². The number of carbonyl (C=O) groups excluding carboxylic acids is 2. The summed E-state index contributed by atoms with van der Waals surface area (Å²) in [6, 6.07) is 45.7. The molecular formula is C54H43N3O5. The maximum atomic E-state index is 13.2. The summed E-state index contributed by atoms with van der Waals surface area (Å²) in [6.07, 6.45) is 17.0. The molecule has 1 aliphatic rings. The van der Waals surface area contributed by atoms with Crippen molar-refractivity contribution in [3.63, 3.8) is 0 Å². The minimum Gasteiger partial charge on any atom is -0.459 e. The third kappa shape index (κ3) is 9.10. The van der Waals surface area contributed by atoms with Gasteiger partial charge in [0.1, 0.15) is 30.7 Å². The first-order valence-corrected chi connectivity index (χ1v) is 20.0. The van der Waals surface area contributed by atoms with Crippen molar-refractivity contribution in [1.29, 1.82) is 5.53 Å². The molecule has 1 fully saturated rings. The van der Waals surface area contributed by atoms with Gasteiger partial charge in [-0.2, -0.15) is 5.11 Å². The van der Waals surface area contributed by atoms with Crippen LogP contribution in [0.5, 0.6) is 0 Å². The van der Waals surface area contributed by atoms with Crippen LogP contribution in [0.4, 0.5) is 0 Å². The van der Waals surface area contributed by atoms with Crippen LogP contribution < -0.4 is 5.32 Å². The van der Waals surface area contributed by atoms with E-state index in [0.29, 0.717) is 22.4 Å². The fourth-order valence-electron chi connectivity index (χ4n) is 7.61. The first-order valence-electron chi connectivity index (χ1n) is 20.0. The molecule has 0 saturated carbocycles. The lowest BCUT2D eigenvalue weighted by atomic mass is 9.65. The zero-order chi connectivity index (χ0) is 43.6. The maximum absolute atomic E-state index is 13.2. The van der Waals surface area contributed by atoms with Gasteiger partial charge >= 0.3 is 11.9 Å². The van der Waals surface area contributed by atoms with Gasteiger partial charge < -0.3 is 19.5 Å². The second kappa shape index (κ2) is 19.0. The number of benzene rings is 6. The Kier molecular flexibility index (Phi) is 12.9. The van der Waals surface area contributed by atoms with E-state index in [4.69, 9.17) is 39.0 Å². The monoisotopic (exact) mass is 813 g/mol. The van der Waals surface area contributed by atoms with E-state index in [9.17, 15) is 9.59 Å². The molecule has 6 aromatic rings. The van der Waals surface area contributed by atoms with Gasteiger partial charge in [0, 0.05) is 34.9 Å². The molecule has 8 heteroatoms. The molecule has 1 unspecified atom stereocenters. The Labute approximate surface area is 362 Å². The molecule has 62 heavy (non-hydrogen) atoms. The molecule has 8 nitrogen and oxygen atoms in total. The van der Waals surface area contributed by atoms with E-state index in [-0.39, 0.29) is 13.0 Å². The molecule has 0 radical (unpaired) electrons. The molecule has 7 rings (SSSR count). The number of terminal acetylenes is 3. The van der Waals surface area contributed by atoms with E-state index in [1.54, 1.807) is 30.5 Å². The molecule has 1 saturated heterocycles. The molecule has 0 bridgehead atoms. The van der Waals surface area contributed by atoms with Crippen molar-refractivity contribution in [3.05, 3.63) is 219 Å². The highest BCUT2D eigenvalue weighted by Crippen LogP contribution is 2.45. The van der Waals surface area contributed by atoms with Crippen molar-refractivity contribution in [3.8, 4) is 37.0 Å². The molecule has 0 spiro atoms. The zero-order valence-electron chi connectivity index (χ0n) is 34.3. The van der Waals surface area contributed by atoms with E-state index in [1.165, 1.54) is 0 Å². The minimum absolute atomic E-state index is 0.151. The van der Waals surface area contributed by atoms with Crippen LogP contribution in [0, 0.1) is 56.4 Å². The molecule has 1 heterocycles. The van der Waals surface area contributed by atoms with Crippen molar-refractivity contribution >= 4 is 17.6 Å². The van der Waals surface area contributed by atoms with E-state index < -0.39 is 35.8 Å². The second-order valence-corrected chi connectivity index (χ2v) is 15.0. The van der Waals surface area contributed by atoms with Gasteiger partial charge in [0.25, 0.3) is 0 Å². The van der Waals surface area contributed by atoms with E-state index in [0.717, 1.165) is 50.1 Å². The summed E-state index contributed by atoms with van der Waals surface area (Å²) in [5.74, 6) is 7.12. The smallest absolute Gasteiger partial charge is 0.338 e. The van der Waals surface area contributed by atoms with Gasteiger partial charge in [-0.25, -0.2) is 15.1 Å². The summed E-state index contributed by atoms with van der Waals surface area (Å²) >= 11 is 0. The van der Waals surface area contributed by atoms with Gasteiger partial charge in [-0.1, -0.05) is 114 Å². The quantitative estimate of drug-likeness (QED) is 0.0520. The highest BCUT2D eigenvalue weighted by atomic mass is 16.6. The van der Waals surface area contributed by atoms with E-state index in [1.807, 2.05) is 135 Å². The van der Waals surface area contributed by atoms with Crippen molar-refractivity contribution in [2.75, 3.05) is 6.61 Å². The predicted octanol–water partition coefficient (Wildman–Crippen LogP) is 9.75. The van der Waals surface area contributed by atoms with Gasteiger partial charge in [-0.05, 0) is 96.8 Å². The Morgan fingerprint density at radius 1 is 0.661 bits per heavy atom. The highest BCUT2D eigenvalue weighted by molar-refractivity contribution is 5.90. The fourth-order valence-corrected chi connectivity index (χ4v) is 7.61. The maximum Gasteiger partial charge on any atom is 0.338 e. The van der Waals surface area contributed by atoms with Crippen LogP contribution in [0.3, 0.4) is 0 Å². The highest BCUT2D eigenvalue weighted by Gasteiger charge is 2.40. The van der Waals surface area contributed by atoms with Crippen LogP contribution in [-0.4, -0.2) is 37.0 Å². The average molecular weight is 814 g/mol. The molecule has 3 atom stereocenters. The first kappa shape index (κ1) is 42.2. The molecule has 2 N–H and O–H groups in total. The van der Waals surface area contributed by atoms with Crippen molar-refractivity contribution < 1.29 is 23.8 Å². The normalized spacial score (nSPS) is 15.9. The standard InChI is InChI=1S/C54H43N3O5/c1-6-38-13-25-44(26-14-38)54(45-27-15-39(7-2)16-28-45,46-29-17-40(8-3)18-30-46)47-31-23-41(24-32-47)48(57-55)34-56-51-33-49(62-53(59)43-21-11-37(5)12-22-43)50(61-51)35-60-52(58)42-19-9-36(4)10-20-42/h1-3,9-32,34,49-51,55-56H,33,35H2,4-5H3/b48-34-,57-55?/t49?,50-,51-/m1/s1.